The van der Waals surface area contributed by atoms with Crippen molar-refractivity contribution in [2.45, 2.75) is 26.8 Å². The molecule has 2 aromatic rings. The highest BCUT2D eigenvalue weighted by atomic mass is 32.1. The van der Waals surface area contributed by atoms with Gasteiger partial charge in [-0.05, 0) is 38.5 Å². The van der Waals surface area contributed by atoms with Gasteiger partial charge in [0, 0.05) is 30.7 Å². The van der Waals surface area contributed by atoms with Crippen molar-refractivity contribution in [2.75, 3.05) is 19.4 Å². The van der Waals surface area contributed by atoms with Gasteiger partial charge in [0.25, 0.3) is 5.91 Å². The van der Waals surface area contributed by atoms with Gasteiger partial charge in [-0.1, -0.05) is 6.07 Å². The zero-order valence-electron chi connectivity index (χ0n) is 13.1. The average molecular weight is 303 g/mol. The Labute approximate surface area is 129 Å². The Balaban J connectivity index is 2.23. The third-order valence-corrected chi connectivity index (χ3v) is 4.13. The first-order chi connectivity index (χ1) is 9.88. The fourth-order valence-corrected chi connectivity index (χ4v) is 2.76. The van der Waals surface area contributed by atoms with Crippen LogP contribution in [0.3, 0.4) is 0 Å². The standard InChI is InChI=1S/C16H21N3OS/c1-10-6-7-13(16(20)19(4)5)8-14(10)17-11(2)15-9-21-12(3)18-15/h6-9,11,17H,1-5H3. The average Bonchev–Trinajstić information content (AvgIpc) is 2.87. The van der Waals surface area contributed by atoms with Crippen molar-refractivity contribution < 1.29 is 4.79 Å². The second-order valence-corrected chi connectivity index (χ2v) is 6.45. The molecule has 1 N–H and O–H groups in total. The number of aromatic nitrogens is 1. The molecular weight excluding hydrogens is 282 g/mol. The summed E-state index contributed by atoms with van der Waals surface area (Å²) in [5.74, 6) is 0.00945. The van der Waals surface area contributed by atoms with Gasteiger partial charge in [0.1, 0.15) is 0 Å². The Morgan fingerprint density at radius 3 is 2.62 bits per heavy atom. The second kappa shape index (κ2) is 6.26. The molecule has 1 unspecified atom stereocenters. The smallest absolute Gasteiger partial charge is 0.253 e. The Kier molecular flexibility index (Phi) is 4.63. The minimum absolute atomic E-state index is 0.00945. The van der Waals surface area contributed by atoms with Gasteiger partial charge < -0.3 is 10.2 Å². The van der Waals surface area contributed by atoms with Crippen LogP contribution >= 0.6 is 11.3 Å². The molecule has 1 amide bonds. The van der Waals surface area contributed by atoms with Crippen molar-refractivity contribution in [2.24, 2.45) is 0 Å². The van der Waals surface area contributed by atoms with E-state index in [1.807, 2.05) is 32.0 Å². The third-order valence-electron chi connectivity index (χ3n) is 3.34. The molecular formula is C16H21N3OS. The molecule has 0 spiro atoms. The Morgan fingerprint density at radius 1 is 1.33 bits per heavy atom. The highest BCUT2D eigenvalue weighted by Gasteiger charge is 2.13. The summed E-state index contributed by atoms with van der Waals surface area (Å²) in [6.07, 6.45) is 0. The zero-order chi connectivity index (χ0) is 15.6. The molecule has 0 aliphatic rings. The number of rotatable bonds is 4. The molecule has 1 atom stereocenters. The molecule has 0 saturated heterocycles. The number of hydrogen-bond donors (Lipinski definition) is 1. The summed E-state index contributed by atoms with van der Waals surface area (Å²) in [5.41, 5.74) is 3.81. The van der Waals surface area contributed by atoms with E-state index >= 15 is 0 Å². The maximum absolute atomic E-state index is 12.1. The van der Waals surface area contributed by atoms with E-state index in [4.69, 9.17) is 0 Å². The second-order valence-electron chi connectivity index (χ2n) is 5.39. The molecule has 1 heterocycles. The van der Waals surface area contributed by atoms with Crippen LogP contribution in [0, 0.1) is 13.8 Å². The normalized spacial score (nSPS) is 12.0. The maximum atomic E-state index is 12.1. The summed E-state index contributed by atoms with van der Waals surface area (Å²) in [7, 11) is 3.52. The van der Waals surface area contributed by atoms with Crippen molar-refractivity contribution in [3.05, 3.63) is 45.4 Å². The first kappa shape index (κ1) is 15.5. The molecule has 1 aromatic carbocycles. The number of carbonyl (C=O) groups is 1. The summed E-state index contributed by atoms with van der Waals surface area (Å²) in [6.45, 7) is 6.11. The first-order valence-corrected chi connectivity index (χ1v) is 7.77. The fourth-order valence-electron chi connectivity index (χ4n) is 2.05. The maximum Gasteiger partial charge on any atom is 0.253 e. The van der Waals surface area contributed by atoms with E-state index in [-0.39, 0.29) is 11.9 Å². The molecule has 0 bridgehead atoms. The van der Waals surface area contributed by atoms with Crippen LogP contribution in [0.5, 0.6) is 0 Å². The number of benzene rings is 1. The Morgan fingerprint density at radius 2 is 2.05 bits per heavy atom. The number of hydrogen-bond acceptors (Lipinski definition) is 4. The highest BCUT2D eigenvalue weighted by molar-refractivity contribution is 7.09. The number of aryl methyl sites for hydroxylation is 2. The van der Waals surface area contributed by atoms with Crippen LogP contribution in [0.1, 0.15) is 39.6 Å². The lowest BCUT2D eigenvalue weighted by Gasteiger charge is -2.17. The number of anilines is 1. The lowest BCUT2D eigenvalue weighted by atomic mass is 10.1. The number of amides is 1. The van der Waals surface area contributed by atoms with E-state index in [2.05, 4.69) is 22.6 Å². The number of thiazole rings is 1. The van der Waals surface area contributed by atoms with Gasteiger partial charge in [-0.25, -0.2) is 4.98 Å². The molecule has 0 radical (unpaired) electrons. The number of nitrogens with one attached hydrogen (secondary N) is 1. The van der Waals surface area contributed by atoms with Gasteiger partial charge >= 0.3 is 0 Å². The van der Waals surface area contributed by atoms with Crippen LogP contribution in [-0.4, -0.2) is 29.9 Å². The fraction of sp³-hybridized carbons (Fsp3) is 0.375. The van der Waals surface area contributed by atoms with Crippen molar-refractivity contribution in [3.63, 3.8) is 0 Å². The number of carbonyl (C=O) groups excluding carboxylic acids is 1. The molecule has 2 rings (SSSR count). The zero-order valence-corrected chi connectivity index (χ0v) is 13.9. The van der Waals surface area contributed by atoms with Crippen molar-refractivity contribution in [1.82, 2.24) is 9.88 Å². The molecule has 4 nitrogen and oxygen atoms in total. The van der Waals surface area contributed by atoms with E-state index < -0.39 is 0 Å². The van der Waals surface area contributed by atoms with E-state index in [1.54, 1.807) is 30.3 Å². The first-order valence-electron chi connectivity index (χ1n) is 6.89. The van der Waals surface area contributed by atoms with Gasteiger partial charge in [-0.15, -0.1) is 11.3 Å². The van der Waals surface area contributed by atoms with Crippen LogP contribution in [0.4, 0.5) is 5.69 Å². The summed E-state index contributed by atoms with van der Waals surface area (Å²) in [6, 6.07) is 5.85. The molecule has 0 aliphatic heterocycles. The van der Waals surface area contributed by atoms with Crippen LogP contribution in [-0.2, 0) is 0 Å². The molecule has 21 heavy (non-hydrogen) atoms. The molecule has 112 valence electrons. The van der Waals surface area contributed by atoms with Crippen LogP contribution < -0.4 is 5.32 Å². The van der Waals surface area contributed by atoms with E-state index in [0.29, 0.717) is 5.56 Å². The van der Waals surface area contributed by atoms with E-state index in [0.717, 1.165) is 22.0 Å². The SMILES string of the molecule is Cc1nc(C(C)Nc2cc(C(=O)N(C)C)ccc2C)cs1. The monoisotopic (exact) mass is 303 g/mol. The van der Waals surface area contributed by atoms with Crippen molar-refractivity contribution >= 4 is 22.9 Å². The van der Waals surface area contributed by atoms with Gasteiger partial charge in [-0.3, -0.25) is 4.79 Å². The molecule has 0 aliphatic carbocycles. The third kappa shape index (κ3) is 3.61. The van der Waals surface area contributed by atoms with Gasteiger partial charge in [0.2, 0.25) is 0 Å². The van der Waals surface area contributed by atoms with Gasteiger partial charge in [0.15, 0.2) is 0 Å². The lowest BCUT2D eigenvalue weighted by molar-refractivity contribution is 0.0827. The van der Waals surface area contributed by atoms with Gasteiger partial charge in [0.05, 0.1) is 16.7 Å². The van der Waals surface area contributed by atoms with Crippen LogP contribution in [0.25, 0.3) is 0 Å². The van der Waals surface area contributed by atoms with Gasteiger partial charge in [-0.2, -0.15) is 0 Å². The predicted octanol–water partition coefficient (Wildman–Crippen LogP) is 3.63. The molecule has 0 saturated carbocycles. The topological polar surface area (TPSA) is 45.2 Å². The number of nitrogens with zero attached hydrogens (tertiary/aromatic N) is 2. The lowest BCUT2D eigenvalue weighted by Crippen LogP contribution is -2.22. The Hall–Kier alpha value is -1.88. The van der Waals surface area contributed by atoms with Crippen molar-refractivity contribution in [1.29, 1.82) is 0 Å². The summed E-state index contributed by atoms with van der Waals surface area (Å²) >= 11 is 1.65. The molecule has 5 heteroatoms. The molecule has 1 aromatic heterocycles. The summed E-state index contributed by atoms with van der Waals surface area (Å²) in [5, 5.41) is 6.58. The predicted molar refractivity (Wildman–Crippen MR) is 88.1 cm³/mol. The minimum Gasteiger partial charge on any atom is -0.377 e. The summed E-state index contributed by atoms with van der Waals surface area (Å²) in [4.78, 5) is 18.1. The van der Waals surface area contributed by atoms with Crippen LogP contribution in [0.2, 0.25) is 0 Å². The Bertz CT molecular complexity index is 649. The highest BCUT2D eigenvalue weighted by Crippen LogP contribution is 2.24. The van der Waals surface area contributed by atoms with Crippen molar-refractivity contribution in [3.8, 4) is 0 Å². The van der Waals surface area contributed by atoms with E-state index in [9.17, 15) is 4.79 Å². The van der Waals surface area contributed by atoms with Crippen LogP contribution in [0.15, 0.2) is 23.6 Å². The summed E-state index contributed by atoms with van der Waals surface area (Å²) < 4.78 is 0. The largest absolute Gasteiger partial charge is 0.377 e. The minimum atomic E-state index is 0.00945. The molecule has 0 fully saturated rings. The quantitative estimate of drug-likeness (QED) is 0.938. The van der Waals surface area contributed by atoms with E-state index in [1.165, 1.54) is 0 Å².